The Morgan fingerprint density at radius 2 is 1.77 bits per heavy atom. The summed E-state index contributed by atoms with van der Waals surface area (Å²) in [6.07, 6.45) is 2.86. The molecule has 1 fully saturated rings. The van der Waals surface area contributed by atoms with E-state index in [1.54, 1.807) is 11.8 Å². The smallest absolute Gasteiger partial charge is 0.223 e. The maximum atomic E-state index is 12.7. The number of hydrogen-bond acceptors (Lipinski definition) is 4. The van der Waals surface area contributed by atoms with Crippen molar-refractivity contribution in [1.82, 2.24) is 14.7 Å². The SMILES string of the molecule is CCC(=O)N(Cc1c(-c2ccccc2)nn(C)c1Oc1ccccc1OC)CC1CC1. The van der Waals surface area contributed by atoms with Gasteiger partial charge in [0.15, 0.2) is 11.5 Å². The van der Waals surface area contributed by atoms with Crippen molar-refractivity contribution in [3.05, 3.63) is 60.2 Å². The molecule has 0 bridgehead atoms. The van der Waals surface area contributed by atoms with Crippen LogP contribution >= 0.6 is 0 Å². The standard InChI is InChI=1S/C25H29N3O3/c1-4-23(29)28(16-18-14-15-18)17-20-24(19-10-6-5-7-11-19)26-27(2)25(20)31-22-13-9-8-12-21(22)30-3/h5-13,18H,4,14-17H2,1-3H3. The van der Waals surface area contributed by atoms with Crippen LogP contribution in [0.5, 0.6) is 17.4 Å². The van der Waals surface area contributed by atoms with E-state index in [0.717, 1.165) is 23.4 Å². The van der Waals surface area contributed by atoms with Gasteiger partial charge >= 0.3 is 0 Å². The second-order valence-corrected chi connectivity index (χ2v) is 7.95. The van der Waals surface area contributed by atoms with Crippen LogP contribution in [0, 0.1) is 5.92 Å². The first-order valence-electron chi connectivity index (χ1n) is 10.8. The summed E-state index contributed by atoms with van der Waals surface area (Å²) in [5, 5.41) is 4.78. The summed E-state index contributed by atoms with van der Waals surface area (Å²) >= 11 is 0. The van der Waals surface area contributed by atoms with E-state index in [1.165, 1.54) is 12.8 Å². The number of aryl methyl sites for hydroxylation is 1. The number of ether oxygens (including phenoxy) is 2. The van der Waals surface area contributed by atoms with Crippen LogP contribution in [0.2, 0.25) is 0 Å². The molecule has 1 heterocycles. The zero-order valence-electron chi connectivity index (χ0n) is 18.4. The molecule has 6 nitrogen and oxygen atoms in total. The van der Waals surface area contributed by atoms with Crippen molar-refractivity contribution in [2.75, 3.05) is 13.7 Å². The second kappa shape index (κ2) is 9.25. The highest BCUT2D eigenvalue weighted by Gasteiger charge is 2.29. The molecule has 0 saturated heterocycles. The monoisotopic (exact) mass is 419 g/mol. The minimum atomic E-state index is 0.151. The second-order valence-electron chi connectivity index (χ2n) is 7.95. The minimum Gasteiger partial charge on any atom is -0.493 e. The van der Waals surface area contributed by atoms with Gasteiger partial charge in [0.25, 0.3) is 0 Å². The van der Waals surface area contributed by atoms with Gasteiger partial charge in [-0.15, -0.1) is 0 Å². The third-order valence-electron chi connectivity index (χ3n) is 5.59. The lowest BCUT2D eigenvalue weighted by molar-refractivity contribution is -0.131. The molecule has 1 aromatic heterocycles. The summed E-state index contributed by atoms with van der Waals surface area (Å²) in [7, 11) is 3.49. The van der Waals surface area contributed by atoms with E-state index in [4.69, 9.17) is 14.6 Å². The maximum absolute atomic E-state index is 12.7. The molecule has 0 unspecified atom stereocenters. The highest BCUT2D eigenvalue weighted by atomic mass is 16.5. The molecule has 1 aliphatic carbocycles. The third kappa shape index (κ3) is 4.74. The van der Waals surface area contributed by atoms with Crippen LogP contribution in [0.4, 0.5) is 0 Å². The van der Waals surface area contributed by atoms with Gasteiger partial charge in [0.2, 0.25) is 11.8 Å². The Kier molecular flexibility index (Phi) is 6.26. The summed E-state index contributed by atoms with van der Waals surface area (Å²) in [6.45, 7) is 3.16. The van der Waals surface area contributed by atoms with Gasteiger partial charge in [-0.05, 0) is 30.9 Å². The predicted octanol–water partition coefficient (Wildman–Crippen LogP) is 5.04. The fraction of sp³-hybridized carbons (Fsp3) is 0.360. The molecule has 0 atom stereocenters. The van der Waals surface area contributed by atoms with Crippen LogP contribution in [0.15, 0.2) is 54.6 Å². The Morgan fingerprint density at radius 3 is 2.42 bits per heavy atom. The molecule has 1 aliphatic rings. The fourth-order valence-electron chi connectivity index (χ4n) is 3.74. The molecule has 4 rings (SSSR count). The van der Waals surface area contributed by atoms with Gasteiger partial charge < -0.3 is 14.4 Å². The lowest BCUT2D eigenvalue weighted by atomic mass is 10.1. The van der Waals surface area contributed by atoms with Crippen molar-refractivity contribution in [2.45, 2.75) is 32.7 Å². The van der Waals surface area contributed by atoms with Gasteiger partial charge in [-0.25, -0.2) is 4.68 Å². The highest BCUT2D eigenvalue weighted by Crippen LogP contribution is 2.38. The summed E-state index contributed by atoms with van der Waals surface area (Å²) in [5.41, 5.74) is 2.73. The van der Waals surface area contributed by atoms with Gasteiger partial charge in [-0.3, -0.25) is 4.79 Å². The number of rotatable bonds is 9. The van der Waals surface area contributed by atoms with E-state index in [9.17, 15) is 4.79 Å². The summed E-state index contributed by atoms with van der Waals surface area (Å²) in [4.78, 5) is 14.7. The zero-order valence-corrected chi connectivity index (χ0v) is 18.4. The van der Waals surface area contributed by atoms with Crippen molar-refractivity contribution in [3.8, 4) is 28.6 Å². The average molecular weight is 420 g/mol. The summed E-state index contributed by atoms with van der Waals surface area (Å²) in [6, 6.07) is 17.6. The molecule has 1 amide bonds. The van der Waals surface area contributed by atoms with E-state index in [-0.39, 0.29) is 5.91 Å². The summed E-state index contributed by atoms with van der Waals surface area (Å²) < 4.78 is 13.5. The zero-order chi connectivity index (χ0) is 21.8. The number of carbonyl (C=O) groups excluding carboxylic acids is 1. The number of methoxy groups -OCH3 is 1. The lowest BCUT2D eigenvalue weighted by Crippen LogP contribution is -2.32. The molecule has 31 heavy (non-hydrogen) atoms. The molecule has 0 aliphatic heterocycles. The van der Waals surface area contributed by atoms with E-state index in [2.05, 4.69) is 0 Å². The van der Waals surface area contributed by atoms with Crippen molar-refractivity contribution in [2.24, 2.45) is 13.0 Å². The van der Waals surface area contributed by atoms with Crippen LogP contribution in [0.1, 0.15) is 31.7 Å². The van der Waals surface area contributed by atoms with E-state index < -0.39 is 0 Å². The average Bonchev–Trinajstić information content (AvgIpc) is 3.58. The van der Waals surface area contributed by atoms with Crippen LogP contribution in [-0.4, -0.2) is 34.2 Å². The van der Waals surface area contributed by atoms with Crippen LogP contribution < -0.4 is 9.47 Å². The molecule has 1 saturated carbocycles. The molecule has 0 N–H and O–H groups in total. The van der Waals surface area contributed by atoms with E-state index >= 15 is 0 Å². The van der Waals surface area contributed by atoms with Crippen molar-refractivity contribution >= 4 is 5.91 Å². The molecule has 2 aromatic carbocycles. The molecule has 6 heteroatoms. The van der Waals surface area contributed by atoms with Gasteiger partial charge in [0, 0.05) is 25.6 Å². The molecule has 3 aromatic rings. The Morgan fingerprint density at radius 1 is 1.10 bits per heavy atom. The quantitative estimate of drug-likeness (QED) is 0.488. The fourth-order valence-corrected chi connectivity index (χ4v) is 3.74. The third-order valence-corrected chi connectivity index (χ3v) is 5.59. The largest absolute Gasteiger partial charge is 0.493 e. The van der Waals surface area contributed by atoms with Gasteiger partial charge in [0.05, 0.1) is 19.2 Å². The first kappa shape index (κ1) is 21.0. The topological polar surface area (TPSA) is 56.6 Å². The number of amides is 1. The van der Waals surface area contributed by atoms with Crippen molar-refractivity contribution in [3.63, 3.8) is 0 Å². The molecule has 162 valence electrons. The Labute approximate surface area is 183 Å². The predicted molar refractivity (Wildman–Crippen MR) is 120 cm³/mol. The number of carbonyl (C=O) groups is 1. The number of hydrogen-bond donors (Lipinski definition) is 0. The van der Waals surface area contributed by atoms with Crippen molar-refractivity contribution in [1.29, 1.82) is 0 Å². The first-order chi connectivity index (χ1) is 15.1. The van der Waals surface area contributed by atoms with Crippen molar-refractivity contribution < 1.29 is 14.3 Å². The number of para-hydroxylation sites is 2. The van der Waals surface area contributed by atoms with E-state index in [1.807, 2.05) is 73.5 Å². The van der Waals surface area contributed by atoms with E-state index in [0.29, 0.717) is 36.3 Å². The molecule has 0 radical (unpaired) electrons. The number of aromatic nitrogens is 2. The number of benzene rings is 2. The van der Waals surface area contributed by atoms with Crippen LogP contribution in [-0.2, 0) is 18.4 Å². The minimum absolute atomic E-state index is 0.151. The van der Waals surface area contributed by atoms with Crippen LogP contribution in [0.25, 0.3) is 11.3 Å². The first-order valence-corrected chi connectivity index (χ1v) is 10.8. The highest BCUT2D eigenvalue weighted by molar-refractivity contribution is 5.76. The normalized spacial score (nSPS) is 13.1. The Bertz CT molecular complexity index is 1040. The van der Waals surface area contributed by atoms with Gasteiger partial charge in [-0.2, -0.15) is 5.10 Å². The molecular formula is C25H29N3O3. The maximum Gasteiger partial charge on any atom is 0.223 e. The Hall–Kier alpha value is -3.28. The van der Waals surface area contributed by atoms with Gasteiger partial charge in [0.1, 0.15) is 5.69 Å². The van der Waals surface area contributed by atoms with Crippen LogP contribution in [0.3, 0.4) is 0 Å². The molecule has 0 spiro atoms. The Balaban J connectivity index is 1.76. The lowest BCUT2D eigenvalue weighted by Gasteiger charge is -2.23. The van der Waals surface area contributed by atoms with Gasteiger partial charge in [-0.1, -0.05) is 49.4 Å². The molecular weight excluding hydrogens is 390 g/mol. The summed E-state index contributed by atoms with van der Waals surface area (Å²) in [5.74, 6) is 2.64. The number of nitrogens with zero attached hydrogens (tertiary/aromatic N) is 3.